The van der Waals surface area contributed by atoms with Crippen LogP contribution < -0.4 is 20.5 Å². The summed E-state index contributed by atoms with van der Waals surface area (Å²) < 4.78 is 34.1. The molecule has 0 aliphatic heterocycles. The number of carbonyl (C=O) groups excluding carboxylic acids is 1. The fourth-order valence-electron chi connectivity index (χ4n) is 2.55. The van der Waals surface area contributed by atoms with Crippen molar-refractivity contribution in [3.05, 3.63) is 29.6 Å². The largest absolute Gasteiger partial charge is 0.495 e. The third-order valence-electron chi connectivity index (χ3n) is 3.93. The Hall–Kier alpha value is -2.30. The highest BCUT2D eigenvalue weighted by Gasteiger charge is 2.27. The van der Waals surface area contributed by atoms with Crippen LogP contribution in [-0.4, -0.2) is 37.3 Å². The molecular weight excluding hydrogens is 394 g/mol. The smallest absolute Gasteiger partial charge is 0.244 e. The number of nitrogens with zero attached hydrogens (tertiary/aromatic N) is 2. The van der Waals surface area contributed by atoms with Crippen LogP contribution in [0.15, 0.2) is 23.1 Å². The number of hydrogen-bond acceptors (Lipinski definition) is 6. The van der Waals surface area contributed by atoms with Crippen LogP contribution in [0.25, 0.3) is 0 Å². The van der Waals surface area contributed by atoms with Crippen molar-refractivity contribution in [3.63, 3.8) is 0 Å². The van der Waals surface area contributed by atoms with Crippen molar-refractivity contribution < 1.29 is 17.9 Å². The maximum absolute atomic E-state index is 12.6. The van der Waals surface area contributed by atoms with Gasteiger partial charge in [-0.15, -0.1) is 12.4 Å². The van der Waals surface area contributed by atoms with Gasteiger partial charge in [-0.05, 0) is 39.0 Å². The number of halogens is 1. The highest BCUT2D eigenvalue weighted by Crippen LogP contribution is 2.24. The Morgan fingerprint density at radius 2 is 1.96 bits per heavy atom. The highest BCUT2D eigenvalue weighted by molar-refractivity contribution is 7.89. The molecule has 0 aliphatic rings. The van der Waals surface area contributed by atoms with E-state index in [0.717, 1.165) is 0 Å². The number of benzene rings is 1. The number of carbonyl (C=O) groups is 1. The number of nitrogen functional groups attached to an aromatic ring is 1. The van der Waals surface area contributed by atoms with E-state index in [0.29, 0.717) is 28.5 Å². The molecule has 0 bridgehead atoms. The molecule has 11 heteroatoms. The number of amides is 1. The van der Waals surface area contributed by atoms with Gasteiger partial charge < -0.3 is 15.8 Å². The van der Waals surface area contributed by atoms with Crippen LogP contribution in [0.4, 0.5) is 11.4 Å². The maximum atomic E-state index is 12.6. The molecule has 9 nitrogen and oxygen atoms in total. The number of methoxy groups -OCH3 is 1. The van der Waals surface area contributed by atoms with Crippen LogP contribution in [0.3, 0.4) is 0 Å². The number of anilines is 2. The minimum absolute atomic E-state index is 0. The monoisotopic (exact) mass is 417 g/mol. The summed E-state index contributed by atoms with van der Waals surface area (Å²) in [4.78, 5) is 12.4. The van der Waals surface area contributed by atoms with Crippen LogP contribution in [0.2, 0.25) is 0 Å². The lowest BCUT2D eigenvalue weighted by Gasteiger charge is -2.15. The van der Waals surface area contributed by atoms with Gasteiger partial charge in [0.15, 0.2) is 0 Å². The van der Waals surface area contributed by atoms with E-state index in [1.807, 2.05) is 0 Å². The summed E-state index contributed by atoms with van der Waals surface area (Å²) in [5, 5.41) is 6.71. The molecular formula is C16H24ClN5O4S. The van der Waals surface area contributed by atoms with E-state index >= 15 is 0 Å². The number of aryl methyl sites for hydroxylation is 2. The van der Waals surface area contributed by atoms with Crippen molar-refractivity contribution >= 4 is 39.7 Å². The Morgan fingerprint density at radius 1 is 1.33 bits per heavy atom. The number of hydrogen-bond donors (Lipinski definition) is 3. The van der Waals surface area contributed by atoms with Gasteiger partial charge in [-0.25, -0.2) is 8.42 Å². The molecule has 150 valence electrons. The first-order valence-electron chi connectivity index (χ1n) is 7.83. The molecule has 2 aromatic rings. The lowest BCUT2D eigenvalue weighted by atomic mass is 10.2. The molecule has 27 heavy (non-hydrogen) atoms. The molecule has 1 amide bonds. The van der Waals surface area contributed by atoms with E-state index < -0.39 is 22.0 Å². The number of ether oxygens (including phenoxy) is 1. The Labute approximate surface area is 164 Å². The minimum Gasteiger partial charge on any atom is -0.495 e. The third kappa shape index (κ3) is 4.90. The fourth-order valence-corrected chi connectivity index (χ4v) is 4.19. The molecule has 0 spiro atoms. The van der Waals surface area contributed by atoms with Crippen LogP contribution >= 0.6 is 12.4 Å². The summed E-state index contributed by atoms with van der Waals surface area (Å²) in [6, 6.07) is 3.77. The molecule has 0 radical (unpaired) electrons. The van der Waals surface area contributed by atoms with Gasteiger partial charge in [0.1, 0.15) is 10.6 Å². The summed E-state index contributed by atoms with van der Waals surface area (Å²) in [7, 11) is -0.747. The van der Waals surface area contributed by atoms with E-state index in [1.54, 1.807) is 33.0 Å². The standard InChI is InChI=1S/C16H23N5O4S.ClH/c1-9-15(11(3)21(4)19-9)26(23,24)20-10(2)16(22)18-12-6-7-14(25-5)13(17)8-12;/h6-8,10,20H,17H2,1-5H3,(H,18,22);1H. The van der Waals surface area contributed by atoms with Crippen molar-refractivity contribution in [2.24, 2.45) is 7.05 Å². The van der Waals surface area contributed by atoms with Crippen LogP contribution in [0.1, 0.15) is 18.3 Å². The predicted molar refractivity (Wildman–Crippen MR) is 106 cm³/mol. The summed E-state index contributed by atoms with van der Waals surface area (Å²) in [5.74, 6) is -0.0309. The number of rotatable bonds is 6. The molecule has 2 rings (SSSR count). The van der Waals surface area contributed by atoms with Gasteiger partial charge in [-0.3, -0.25) is 9.48 Å². The maximum Gasteiger partial charge on any atom is 0.244 e. The Kier molecular flexibility index (Phi) is 7.24. The molecule has 1 unspecified atom stereocenters. The second-order valence-corrected chi connectivity index (χ2v) is 7.56. The zero-order chi connectivity index (χ0) is 19.6. The zero-order valence-electron chi connectivity index (χ0n) is 15.7. The van der Waals surface area contributed by atoms with Crippen molar-refractivity contribution in [1.29, 1.82) is 0 Å². The first-order valence-corrected chi connectivity index (χ1v) is 9.32. The van der Waals surface area contributed by atoms with E-state index in [1.165, 1.54) is 24.8 Å². The van der Waals surface area contributed by atoms with Crippen molar-refractivity contribution in [1.82, 2.24) is 14.5 Å². The van der Waals surface area contributed by atoms with Gasteiger partial charge in [0, 0.05) is 12.7 Å². The molecule has 4 N–H and O–H groups in total. The molecule has 0 aliphatic carbocycles. The first kappa shape index (κ1) is 22.7. The lowest BCUT2D eigenvalue weighted by molar-refractivity contribution is -0.117. The Morgan fingerprint density at radius 3 is 2.44 bits per heavy atom. The van der Waals surface area contributed by atoms with Gasteiger partial charge in [-0.2, -0.15) is 9.82 Å². The molecule has 0 saturated heterocycles. The second-order valence-electron chi connectivity index (χ2n) is 5.91. The van der Waals surface area contributed by atoms with E-state index in [9.17, 15) is 13.2 Å². The van der Waals surface area contributed by atoms with Crippen molar-refractivity contribution in [3.8, 4) is 5.75 Å². The Balaban J connectivity index is 0.00000364. The summed E-state index contributed by atoms with van der Waals surface area (Å²) >= 11 is 0. The normalized spacial score (nSPS) is 12.2. The quantitative estimate of drug-likeness (QED) is 0.608. The van der Waals surface area contributed by atoms with Crippen LogP contribution in [-0.2, 0) is 21.9 Å². The second kappa shape index (κ2) is 8.59. The lowest BCUT2D eigenvalue weighted by Crippen LogP contribution is -2.41. The average molecular weight is 418 g/mol. The van der Waals surface area contributed by atoms with Gasteiger partial charge in [0.05, 0.1) is 30.2 Å². The van der Waals surface area contributed by atoms with Crippen LogP contribution in [0.5, 0.6) is 5.75 Å². The van der Waals surface area contributed by atoms with Gasteiger partial charge in [-0.1, -0.05) is 0 Å². The molecule has 1 aromatic heterocycles. The molecule has 1 atom stereocenters. The highest BCUT2D eigenvalue weighted by atomic mass is 35.5. The first-order chi connectivity index (χ1) is 12.1. The minimum atomic E-state index is -3.90. The fraction of sp³-hybridized carbons (Fsp3) is 0.375. The topological polar surface area (TPSA) is 128 Å². The number of nitrogens with two attached hydrogens (primary N) is 1. The predicted octanol–water partition coefficient (Wildman–Crippen LogP) is 1.36. The zero-order valence-corrected chi connectivity index (χ0v) is 17.4. The van der Waals surface area contributed by atoms with Gasteiger partial charge >= 0.3 is 0 Å². The summed E-state index contributed by atoms with van der Waals surface area (Å²) in [6.45, 7) is 4.71. The van der Waals surface area contributed by atoms with Gasteiger partial charge in [0.25, 0.3) is 0 Å². The molecule has 1 aromatic carbocycles. The molecule has 1 heterocycles. The summed E-state index contributed by atoms with van der Waals surface area (Å²) in [5.41, 5.74) is 7.46. The SMILES string of the molecule is COc1ccc(NC(=O)C(C)NS(=O)(=O)c2c(C)nn(C)c2C)cc1N.Cl. The average Bonchev–Trinajstić information content (AvgIpc) is 2.80. The van der Waals surface area contributed by atoms with Gasteiger partial charge in [0.2, 0.25) is 15.9 Å². The third-order valence-corrected chi connectivity index (χ3v) is 5.73. The molecule has 0 fully saturated rings. The number of nitrogens with one attached hydrogen (secondary N) is 2. The number of aromatic nitrogens is 2. The van der Waals surface area contributed by atoms with Crippen LogP contribution in [0, 0.1) is 13.8 Å². The summed E-state index contributed by atoms with van der Waals surface area (Å²) in [6.07, 6.45) is 0. The van der Waals surface area contributed by atoms with Crippen molar-refractivity contribution in [2.45, 2.75) is 31.7 Å². The molecule has 0 saturated carbocycles. The van der Waals surface area contributed by atoms with Crippen molar-refractivity contribution in [2.75, 3.05) is 18.2 Å². The van der Waals surface area contributed by atoms with E-state index in [2.05, 4.69) is 15.1 Å². The number of sulfonamides is 1. The Bertz CT molecular complexity index is 943. The van der Waals surface area contributed by atoms with E-state index in [-0.39, 0.29) is 17.3 Å². The van der Waals surface area contributed by atoms with E-state index in [4.69, 9.17) is 10.5 Å².